The number of quaternary nitrogens is 2. The van der Waals surface area contributed by atoms with Gasteiger partial charge in [0.05, 0.1) is 20.3 Å². The van der Waals surface area contributed by atoms with E-state index in [0.29, 0.717) is 13.2 Å². The lowest BCUT2D eigenvalue weighted by Gasteiger charge is -2.28. The van der Waals surface area contributed by atoms with Gasteiger partial charge in [0.25, 0.3) is 0 Å². The van der Waals surface area contributed by atoms with E-state index in [1.807, 2.05) is 18.2 Å². The topological polar surface area (TPSA) is 56.8 Å². The summed E-state index contributed by atoms with van der Waals surface area (Å²) in [5.74, 6) is 1.55. The zero-order valence-corrected chi connectivity index (χ0v) is 13.1. The molecular formula is C16H26N2O4+2. The number of hydrogen-bond acceptors (Lipinski definition) is 4. The Balaban J connectivity index is 1.37. The molecule has 2 aliphatic rings. The monoisotopic (exact) mass is 310 g/mol. The minimum absolute atomic E-state index is 0.286. The molecule has 3 N–H and O–H groups in total. The molecule has 0 unspecified atom stereocenters. The van der Waals surface area contributed by atoms with Crippen LogP contribution in [0.5, 0.6) is 11.5 Å². The van der Waals surface area contributed by atoms with E-state index in [1.54, 1.807) is 4.90 Å². The highest BCUT2D eigenvalue weighted by Crippen LogP contribution is 2.32. The fourth-order valence-electron chi connectivity index (χ4n) is 2.97. The minimum Gasteiger partial charge on any atom is -0.454 e. The van der Waals surface area contributed by atoms with Gasteiger partial charge in [0.2, 0.25) is 6.79 Å². The zero-order valence-electron chi connectivity index (χ0n) is 13.1. The van der Waals surface area contributed by atoms with Gasteiger partial charge in [0.15, 0.2) is 11.5 Å². The second-order valence-electron chi connectivity index (χ2n) is 6.27. The smallest absolute Gasteiger partial charge is 0.231 e. The number of hydrogen-bond donors (Lipinski definition) is 3. The highest BCUT2D eigenvalue weighted by molar-refractivity contribution is 5.44. The normalized spacial score (nSPS) is 25.2. The molecule has 0 aromatic heterocycles. The Morgan fingerprint density at radius 3 is 2.77 bits per heavy atom. The third kappa shape index (κ3) is 4.10. The van der Waals surface area contributed by atoms with Crippen LogP contribution in [0.4, 0.5) is 0 Å². The molecule has 0 aliphatic carbocycles. The summed E-state index contributed by atoms with van der Waals surface area (Å²) in [6, 6.07) is 5.80. The lowest BCUT2D eigenvalue weighted by Crippen LogP contribution is -3.27. The number of nitrogens with one attached hydrogen (secondary N) is 2. The summed E-state index contributed by atoms with van der Waals surface area (Å²) in [5, 5.41) is 10.1. The first-order chi connectivity index (χ1) is 10.7. The van der Waals surface area contributed by atoms with Crippen LogP contribution in [-0.2, 0) is 11.3 Å². The number of likely N-dealkylation sites (N-methyl/N-ethyl adjacent to an activating group) is 1. The van der Waals surface area contributed by atoms with Crippen LogP contribution in [0.25, 0.3) is 0 Å². The summed E-state index contributed by atoms with van der Waals surface area (Å²) >= 11 is 0. The third-order valence-electron chi connectivity index (χ3n) is 4.35. The molecule has 122 valence electrons. The second-order valence-corrected chi connectivity index (χ2v) is 6.27. The highest BCUT2D eigenvalue weighted by Gasteiger charge is 2.22. The van der Waals surface area contributed by atoms with E-state index in [1.165, 1.54) is 18.0 Å². The fraction of sp³-hybridized carbons (Fsp3) is 0.625. The van der Waals surface area contributed by atoms with Gasteiger partial charge in [0, 0.05) is 0 Å². The van der Waals surface area contributed by atoms with Crippen molar-refractivity contribution in [1.29, 1.82) is 0 Å². The van der Waals surface area contributed by atoms with Gasteiger partial charge in [-0.1, -0.05) is 6.07 Å². The Morgan fingerprint density at radius 2 is 1.95 bits per heavy atom. The molecule has 2 aliphatic heterocycles. The Hall–Kier alpha value is -1.34. The number of rotatable bonds is 6. The maximum absolute atomic E-state index is 10.1. The van der Waals surface area contributed by atoms with Crippen molar-refractivity contribution in [2.24, 2.45) is 0 Å². The van der Waals surface area contributed by atoms with E-state index in [2.05, 4.69) is 7.05 Å². The molecule has 1 aromatic carbocycles. The van der Waals surface area contributed by atoms with Crippen molar-refractivity contribution in [2.75, 3.05) is 53.2 Å². The third-order valence-corrected chi connectivity index (χ3v) is 4.35. The standard InChI is InChI=1S/C16H24N2O4/c1-17-4-6-18(7-5-17)9-14(19)11-20-10-13-2-3-15-16(8-13)22-12-21-15/h2-3,8,14,19H,4-7,9-12H2,1H3/p+2/t14-/m1/s1. The molecule has 0 amide bonds. The molecule has 0 bridgehead atoms. The van der Waals surface area contributed by atoms with Crippen molar-refractivity contribution in [3.63, 3.8) is 0 Å². The van der Waals surface area contributed by atoms with Crippen molar-refractivity contribution in [2.45, 2.75) is 12.7 Å². The predicted octanol–water partition coefficient (Wildman–Crippen LogP) is -2.29. The quantitative estimate of drug-likeness (QED) is 0.553. The lowest BCUT2D eigenvalue weighted by molar-refractivity contribution is -1.00. The van der Waals surface area contributed by atoms with Crippen molar-refractivity contribution in [3.8, 4) is 11.5 Å². The van der Waals surface area contributed by atoms with Crippen LogP contribution in [0.15, 0.2) is 18.2 Å². The van der Waals surface area contributed by atoms with E-state index in [0.717, 1.165) is 36.7 Å². The molecule has 0 radical (unpaired) electrons. The summed E-state index contributed by atoms with van der Waals surface area (Å²) in [4.78, 5) is 3.06. The van der Waals surface area contributed by atoms with Gasteiger partial charge >= 0.3 is 0 Å². The van der Waals surface area contributed by atoms with Gasteiger partial charge < -0.3 is 29.1 Å². The van der Waals surface area contributed by atoms with Gasteiger partial charge in [-0.2, -0.15) is 0 Å². The van der Waals surface area contributed by atoms with Gasteiger partial charge in [0.1, 0.15) is 38.8 Å². The Morgan fingerprint density at radius 1 is 1.18 bits per heavy atom. The number of aliphatic hydroxyl groups is 1. The van der Waals surface area contributed by atoms with Gasteiger partial charge in [-0.15, -0.1) is 0 Å². The maximum atomic E-state index is 10.1. The molecule has 22 heavy (non-hydrogen) atoms. The number of fused-ring (bicyclic) bond motifs is 1. The second kappa shape index (κ2) is 7.28. The SMILES string of the molecule is C[NH+]1CC[NH+](C[C@@H](O)COCc2ccc3c(c2)OCO3)CC1. The molecule has 3 rings (SSSR count). The van der Waals surface area contributed by atoms with E-state index in [4.69, 9.17) is 14.2 Å². The van der Waals surface area contributed by atoms with Crippen molar-refractivity contribution in [3.05, 3.63) is 23.8 Å². The number of benzene rings is 1. The molecule has 0 spiro atoms. The molecule has 6 nitrogen and oxygen atoms in total. The molecule has 1 saturated heterocycles. The molecule has 1 aromatic rings. The highest BCUT2D eigenvalue weighted by atomic mass is 16.7. The van der Waals surface area contributed by atoms with Crippen LogP contribution in [0.2, 0.25) is 0 Å². The van der Waals surface area contributed by atoms with Gasteiger partial charge in [-0.3, -0.25) is 0 Å². The average molecular weight is 310 g/mol. The fourth-order valence-corrected chi connectivity index (χ4v) is 2.97. The van der Waals surface area contributed by atoms with Crippen molar-refractivity contribution < 1.29 is 29.1 Å². The average Bonchev–Trinajstić information content (AvgIpc) is 2.97. The largest absolute Gasteiger partial charge is 0.454 e. The zero-order chi connectivity index (χ0) is 15.4. The first-order valence-corrected chi connectivity index (χ1v) is 8.00. The van der Waals surface area contributed by atoms with Crippen LogP contribution in [0.3, 0.4) is 0 Å². The first kappa shape index (κ1) is 15.6. The van der Waals surface area contributed by atoms with Crippen LogP contribution in [-0.4, -0.2) is 64.4 Å². The summed E-state index contributed by atoms with van der Waals surface area (Å²) in [6.45, 7) is 6.54. The van der Waals surface area contributed by atoms with Crippen LogP contribution in [0, 0.1) is 0 Å². The van der Waals surface area contributed by atoms with Crippen LogP contribution < -0.4 is 19.3 Å². The molecule has 0 saturated carbocycles. The Labute approximate surface area is 131 Å². The van der Waals surface area contributed by atoms with E-state index in [-0.39, 0.29) is 6.79 Å². The lowest BCUT2D eigenvalue weighted by atomic mass is 10.2. The Bertz CT molecular complexity index is 489. The molecule has 6 heteroatoms. The number of ether oxygens (including phenoxy) is 3. The van der Waals surface area contributed by atoms with Crippen molar-refractivity contribution >= 4 is 0 Å². The maximum Gasteiger partial charge on any atom is 0.231 e. The van der Waals surface area contributed by atoms with E-state index in [9.17, 15) is 5.11 Å². The van der Waals surface area contributed by atoms with Crippen LogP contribution in [0.1, 0.15) is 5.56 Å². The van der Waals surface area contributed by atoms with E-state index >= 15 is 0 Å². The predicted molar refractivity (Wildman–Crippen MR) is 80.4 cm³/mol. The van der Waals surface area contributed by atoms with Gasteiger partial charge in [-0.05, 0) is 17.7 Å². The van der Waals surface area contributed by atoms with Gasteiger partial charge in [-0.25, -0.2) is 0 Å². The summed E-state index contributed by atoms with van der Waals surface area (Å²) in [5.41, 5.74) is 1.03. The van der Waals surface area contributed by atoms with Crippen LogP contribution >= 0.6 is 0 Å². The summed E-state index contributed by atoms with van der Waals surface area (Å²) in [6.07, 6.45) is -0.401. The summed E-state index contributed by atoms with van der Waals surface area (Å²) < 4.78 is 16.3. The van der Waals surface area contributed by atoms with E-state index < -0.39 is 6.10 Å². The minimum atomic E-state index is -0.401. The molecule has 1 fully saturated rings. The first-order valence-electron chi connectivity index (χ1n) is 8.00. The number of aliphatic hydroxyl groups excluding tert-OH is 1. The molecule has 1 atom stereocenters. The number of piperazine rings is 1. The molecule has 2 heterocycles. The van der Waals surface area contributed by atoms with Crippen molar-refractivity contribution in [1.82, 2.24) is 0 Å². The summed E-state index contributed by atoms with van der Waals surface area (Å²) in [7, 11) is 2.22. The Kier molecular flexibility index (Phi) is 5.15. The molecular weight excluding hydrogens is 284 g/mol.